The molecule has 1 aromatic heterocycles. The molecule has 1 atom stereocenters. The lowest BCUT2D eigenvalue weighted by atomic mass is 10.0. The summed E-state index contributed by atoms with van der Waals surface area (Å²) >= 11 is 0. The van der Waals surface area contributed by atoms with Crippen molar-refractivity contribution < 1.29 is 9.53 Å². The predicted octanol–water partition coefficient (Wildman–Crippen LogP) is 1.56. The first-order valence-electron chi connectivity index (χ1n) is 8.49. The minimum atomic E-state index is -0.0621. The largest absolute Gasteiger partial charge is 0.379 e. The average molecular weight is 304 g/mol. The third kappa shape index (κ3) is 2.89. The zero-order valence-electron chi connectivity index (χ0n) is 13.2. The molecule has 4 rings (SSSR count). The van der Waals surface area contributed by atoms with Crippen LogP contribution in [0.2, 0.25) is 0 Å². The molecule has 0 unspecified atom stereocenters. The van der Waals surface area contributed by atoms with Gasteiger partial charge in [-0.2, -0.15) is 0 Å². The van der Waals surface area contributed by atoms with Crippen LogP contribution in [0.15, 0.2) is 0 Å². The highest BCUT2D eigenvalue weighted by Gasteiger charge is 2.35. The Labute approximate surface area is 130 Å². The topological polar surface area (TPSA) is 60.2 Å². The van der Waals surface area contributed by atoms with Crippen LogP contribution in [0.3, 0.4) is 0 Å². The van der Waals surface area contributed by atoms with Crippen molar-refractivity contribution in [3.8, 4) is 0 Å². The van der Waals surface area contributed by atoms with Crippen LogP contribution in [0.25, 0.3) is 0 Å². The normalized spacial score (nSPS) is 24.4. The van der Waals surface area contributed by atoms with Gasteiger partial charge in [-0.1, -0.05) is 5.21 Å². The number of nitrogens with zero attached hydrogens (tertiary/aromatic N) is 4. The van der Waals surface area contributed by atoms with Crippen molar-refractivity contribution in [3.05, 3.63) is 11.4 Å². The molecule has 0 radical (unpaired) electrons. The first-order chi connectivity index (χ1) is 10.7. The molecular weight excluding hydrogens is 280 g/mol. The fraction of sp³-hybridized carbons (Fsp3) is 0.812. The van der Waals surface area contributed by atoms with E-state index in [1.807, 2.05) is 4.90 Å². The first-order valence-corrected chi connectivity index (χ1v) is 8.49. The number of carbonyl (C=O) groups excluding carboxylic acids is 1. The molecule has 1 amide bonds. The highest BCUT2D eigenvalue weighted by molar-refractivity contribution is 5.74. The maximum Gasteiger partial charge on any atom is 0.220 e. The number of amides is 1. The molecule has 6 nitrogen and oxygen atoms in total. The second kappa shape index (κ2) is 5.65. The quantitative estimate of drug-likeness (QED) is 0.800. The number of carbonyl (C=O) groups is 1. The van der Waals surface area contributed by atoms with Gasteiger partial charge in [0.2, 0.25) is 5.91 Å². The molecular formula is C16H24N4O2. The van der Waals surface area contributed by atoms with Gasteiger partial charge in [0.25, 0.3) is 0 Å². The lowest BCUT2D eigenvalue weighted by Crippen LogP contribution is -2.41. The summed E-state index contributed by atoms with van der Waals surface area (Å²) in [4.78, 5) is 13.8. The molecule has 0 saturated heterocycles. The summed E-state index contributed by atoms with van der Waals surface area (Å²) in [5, 5.41) is 8.75. The van der Waals surface area contributed by atoms with Gasteiger partial charge in [-0.3, -0.25) is 4.79 Å². The molecule has 1 aromatic rings. The van der Waals surface area contributed by atoms with E-state index >= 15 is 0 Å². The highest BCUT2D eigenvalue weighted by Crippen LogP contribution is 2.34. The molecule has 6 heteroatoms. The number of hydrogen-bond acceptors (Lipinski definition) is 4. The minimum Gasteiger partial charge on any atom is -0.379 e. The molecule has 0 bridgehead atoms. The van der Waals surface area contributed by atoms with E-state index in [1.54, 1.807) is 6.92 Å². The Bertz CT molecular complexity index is 562. The highest BCUT2D eigenvalue weighted by atomic mass is 16.5. The fourth-order valence-electron chi connectivity index (χ4n) is 3.26. The van der Waals surface area contributed by atoms with Gasteiger partial charge in [0, 0.05) is 33.0 Å². The maximum absolute atomic E-state index is 11.9. The van der Waals surface area contributed by atoms with Crippen molar-refractivity contribution in [2.75, 3.05) is 19.8 Å². The third-order valence-electron chi connectivity index (χ3n) is 5.01. The van der Waals surface area contributed by atoms with Crippen molar-refractivity contribution in [3.63, 3.8) is 0 Å². The van der Waals surface area contributed by atoms with Gasteiger partial charge in [0.15, 0.2) is 0 Å². The number of aromatic nitrogens is 3. The SMILES string of the molecule is CC(=O)N1CCc2c(nnn2CC2CC2)[C@H]1COCC1CC1. The minimum absolute atomic E-state index is 0.0621. The zero-order chi connectivity index (χ0) is 15.1. The summed E-state index contributed by atoms with van der Waals surface area (Å²) in [5.74, 6) is 1.61. The van der Waals surface area contributed by atoms with E-state index in [0.29, 0.717) is 6.61 Å². The van der Waals surface area contributed by atoms with E-state index in [2.05, 4.69) is 15.0 Å². The van der Waals surface area contributed by atoms with Gasteiger partial charge >= 0.3 is 0 Å². The van der Waals surface area contributed by atoms with Gasteiger partial charge < -0.3 is 9.64 Å². The Hall–Kier alpha value is -1.43. The van der Waals surface area contributed by atoms with Gasteiger partial charge in [-0.05, 0) is 37.5 Å². The van der Waals surface area contributed by atoms with Crippen LogP contribution >= 0.6 is 0 Å². The van der Waals surface area contributed by atoms with E-state index in [0.717, 1.165) is 43.6 Å². The summed E-state index contributed by atoms with van der Waals surface area (Å²) in [6.07, 6.45) is 6.03. The van der Waals surface area contributed by atoms with Crippen molar-refractivity contribution in [1.29, 1.82) is 0 Å². The molecule has 120 valence electrons. The van der Waals surface area contributed by atoms with E-state index in [4.69, 9.17) is 4.74 Å². The summed E-state index contributed by atoms with van der Waals surface area (Å²) in [7, 11) is 0. The van der Waals surface area contributed by atoms with Crippen LogP contribution in [-0.4, -0.2) is 45.6 Å². The van der Waals surface area contributed by atoms with E-state index in [-0.39, 0.29) is 11.9 Å². The number of hydrogen-bond donors (Lipinski definition) is 0. The molecule has 2 heterocycles. The summed E-state index contributed by atoms with van der Waals surface area (Å²) < 4.78 is 7.93. The fourth-order valence-corrected chi connectivity index (χ4v) is 3.26. The Morgan fingerprint density at radius 3 is 2.68 bits per heavy atom. The second-order valence-corrected chi connectivity index (χ2v) is 7.01. The maximum atomic E-state index is 11.9. The van der Waals surface area contributed by atoms with Crippen LogP contribution in [0, 0.1) is 11.8 Å². The number of ether oxygens (including phenoxy) is 1. The average Bonchev–Trinajstić information content (AvgIpc) is 3.40. The molecule has 2 fully saturated rings. The van der Waals surface area contributed by atoms with E-state index in [1.165, 1.54) is 31.4 Å². The Morgan fingerprint density at radius 1 is 1.23 bits per heavy atom. The predicted molar refractivity (Wildman–Crippen MR) is 80.1 cm³/mol. The first kappa shape index (κ1) is 14.2. The molecule has 1 aliphatic heterocycles. The van der Waals surface area contributed by atoms with Crippen molar-refractivity contribution in [1.82, 2.24) is 19.9 Å². The Kier molecular flexibility index (Phi) is 3.64. The molecule has 22 heavy (non-hydrogen) atoms. The van der Waals surface area contributed by atoms with Crippen molar-refractivity contribution in [2.45, 2.75) is 51.6 Å². The van der Waals surface area contributed by atoms with Gasteiger partial charge in [-0.25, -0.2) is 4.68 Å². The second-order valence-electron chi connectivity index (χ2n) is 7.01. The molecule has 2 aliphatic carbocycles. The van der Waals surface area contributed by atoms with Crippen LogP contribution in [0.4, 0.5) is 0 Å². The monoisotopic (exact) mass is 304 g/mol. The summed E-state index contributed by atoms with van der Waals surface area (Å²) in [5.41, 5.74) is 2.17. The molecule has 2 saturated carbocycles. The molecule has 3 aliphatic rings. The summed E-state index contributed by atoms with van der Waals surface area (Å²) in [6, 6.07) is -0.0621. The number of fused-ring (bicyclic) bond motifs is 1. The molecule has 0 spiro atoms. The molecule has 0 aromatic carbocycles. The standard InChI is InChI=1S/C16H24N4O2/c1-11(21)19-7-6-14-16(15(19)10-22-9-13-4-5-13)17-18-20(14)8-12-2-3-12/h12-13,15H,2-10H2,1H3/t15-/m1/s1. The molecule has 0 N–H and O–H groups in total. The smallest absolute Gasteiger partial charge is 0.220 e. The van der Waals surface area contributed by atoms with Crippen molar-refractivity contribution in [2.24, 2.45) is 11.8 Å². The number of rotatable bonds is 6. The van der Waals surface area contributed by atoms with E-state index < -0.39 is 0 Å². The van der Waals surface area contributed by atoms with Gasteiger partial charge in [0.05, 0.1) is 12.3 Å². The van der Waals surface area contributed by atoms with Crippen molar-refractivity contribution >= 4 is 5.91 Å². The zero-order valence-corrected chi connectivity index (χ0v) is 13.2. The van der Waals surface area contributed by atoms with E-state index in [9.17, 15) is 4.79 Å². The van der Waals surface area contributed by atoms with Gasteiger partial charge in [-0.15, -0.1) is 5.10 Å². The Morgan fingerprint density at radius 2 is 2.00 bits per heavy atom. The van der Waals surface area contributed by atoms with Crippen LogP contribution in [-0.2, 0) is 22.5 Å². The summed E-state index contributed by atoms with van der Waals surface area (Å²) in [6.45, 7) is 4.72. The Balaban J connectivity index is 1.51. The lowest BCUT2D eigenvalue weighted by molar-refractivity contribution is -0.133. The van der Waals surface area contributed by atoms with Gasteiger partial charge in [0.1, 0.15) is 11.7 Å². The van der Waals surface area contributed by atoms with Crippen LogP contribution < -0.4 is 0 Å². The van der Waals surface area contributed by atoms with Crippen LogP contribution in [0.1, 0.15) is 50.0 Å². The lowest BCUT2D eigenvalue weighted by Gasteiger charge is -2.34. The van der Waals surface area contributed by atoms with Crippen LogP contribution in [0.5, 0.6) is 0 Å². The third-order valence-corrected chi connectivity index (χ3v) is 5.01.